The van der Waals surface area contributed by atoms with Gasteiger partial charge in [0.05, 0.1) is 6.54 Å². The van der Waals surface area contributed by atoms with E-state index in [-0.39, 0.29) is 6.03 Å². The van der Waals surface area contributed by atoms with Crippen LogP contribution in [0.4, 0.5) is 10.5 Å². The summed E-state index contributed by atoms with van der Waals surface area (Å²) in [5.41, 5.74) is 8.92. The predicted octanol–water partition coefficient (Wildman–Crippen LogP) is 5.13. The van der Waals surface area contributed by atoms with Crippen LogP contribution in [-0.4, -0.2) is 77.4 Å². The van der Waals surface area contributed by atoms with Gasteiger partial charge in [0.15, 0.2) is 0 Å². The molecule has 0 aliphatic heterocycles. The summed E-state index contributed by atoms with van der Waals surface area (Å²) in [6.45, 7) is 2.45. The third kappa shape index (κ3) is 5.90. The zero-order valence-electron chi connectivity index (χ0n) is 23.7. The Hall–Kier alpha value is -4.47. The molecule has 0 spiro atoms. The van der Waals surface area contributed by atoms with E-state index in [0.29, 0.717) is 0 Å². The van der Waals surface area contributed by atoms with Gasteiger partial charge < -0.3 is 25.4 Å². The van der Waals surface area contributed by atoms with Gasteiger partial charge in [-0.1, -0.05) is 36.4 Å². The average molecular weight is 537 g/mol. The van der Waals surface area contributed by atoms with Crippen molar-refractivity contribution in [1.29, 1.82) is 0 Å². The minimum absolute atomic E-state index is 0.167. The molecule has 3 heterocycles. The normalized spacial score (nSPS) is 11.3. The first-order valence-electron chi connectivity index (χ1n) is 13.4. The second kappa shape index (κ2) is 11.7. The molecule has 2 amide bonds. The van der Waals surface area contributed by atoms with Crippen LogP contribution in [0, 0.1) is 0 Å². The molecule has 0 radical (unpaired) electrons. The maximum atomic E-state index is 12.1. The standard InChI is InChI=1S/C31H36N8O/c1-32-16-17-39-20-27(29(36-39)23-10-12-24(13-11-23)34-31(40)38(4)5)25-14-15-33-30-26(25)18-28(35-30)22-8-6-21(7-9-22)19-37(2)3/h6-15,18,20,32H,16-17,19H2,1-5H3,(H,33,35)(H,34,40). The molecule has 9 heteroatoms. The number of rotatable bonds is 9. The predicted molar refractivity (Wildman–Crippen MR) is 162 cm³/mol. The van der Waals surface area contributed by atoms with Gasteiger partial charge >= 0.3 is 6.03 Å². The Morgan fingerprint density at radius 2 is 1.68 bits per heavy atom. The second-order valence-electron chi connectivity index (χ2n) is 10.4. The first-order chi connectivity index (χ1) is 19.3. The maximum absolute atomic E-state index is 12.1. The first kappa shape index (κ1) is 27.1. The van der Waals surface area contributed by atoms with Crippen molar-refractivity contribution in [2.24, 2.45) is 0 Å². The smallest absolute Gasteiger partial charge is 0.321 e. The maximum Gasteiger partial charge on any atom is 0.321 e. The Balaban J connectivity index is 1.53. The fourth-order valence-corrected chi connectivity index (χ4v) is 4.69. The minimum atomic E-state index is -0.167. The summed E-state index contributed by atoms with van der Waals surface area (Å²) in [5, 5.41) is 12.1. The van der Waals surface area contributed by atoms with Crippen LogP contribution in [0.25, 0.3) is 44.7 Å². The lowest BCUT2D eigenvalue weighted by atomic mass is 10.00. The highest BCUT2D eigenvalue weighted by molar-refractivity contribution is 5.99. The van der Waals surface area contributed by atoms with E-state index in [1.54, 1.807) is 14.1 Å². The Labute approximate surface area is 234 Å². The van der Waals surface area contributed by atoms with Crippen molar-refractivity contribution in [3.8, 4) is 33.6 Å². The quantitative estimate of drug-likeness (QED) is 0.243. The Kier molecular flexibility index (Phi) is 7.95. The molecule has 0 aliphatic carbocycles. The molecule has 9 nitrogen and oxygen atoms in total. The van der Waals surface area contributed by atoms with Gasteiger partial charge in [-0.25, -0.2) is 9.78 Å². The number of urea groups is 1. The molecule has 40 heavy (non-hydrogen) atoms. The number of amides is 2. The molecule has 0 atom stereocenters. The van der Waals surface area contributed by atoms with Crippen LogP contribution in [0.5, 0.6) is 0 Å². The van der Waals surface area contributed by atoms with Crippen LogP contribution >= 0.6 is 0 Å². The Morgan fingerprint density at radius 3 is 2.35 bits per heavy atom. The molecule has 0 unspecified atom stereocenters. The van der Waals surface area contributed by atoms with Crippen molar-refractivity contribution in [3.63, 3.8) is 0 Å². The van der Waals surface area contributed by atoms with Gasteiger partial charge in [-0.05, 0) is 62.1 Å². The number of benzene rings is 2. The molecular weight excluding hydrogens is 500 g/mol. The summed E-state index contributed by atoms with van der Waals surface area (Å²) in [5.74, 6) is 0. The number of aromatic amines is 1. The van der Waals surface area contributed by atoms with E-state index >= 15 is 0 Å². The lowest BCUT2D eigenvalue weighted by Gasteiger charge is -2.12. The fourth-order valence-electron chi connectivity index (χ4n) is 4.69. The van der Waals surface area contributed by atoms with Crippen LogP contribution in [-0.2, 0) is 13.1 Å². The molecule has 206 valence electrons. The number of pyridine rings is 1. The van der Waals surface area contributed by atoms with E-state index in [2.05, 4.69) is 82.2 Å². The third-order valence-electron chi connectivity index (χ3n) is 6.75. The fraction of sp³-hybridized carbons (Fsp3) is 0.258. The SMILES string of the molecule is CNCCn1cc(-c2ccnc3[nH]c(-c4ccc(CN(C)C)cc4)cc23)c(-c2ccc(NC(=O)N(C)C)cc2)n1. The number of nitrogens with one attached hydrogen (secondary N) is 3. The zero-order chi connectivity index (χ0) is 28.2. The highest BCUT2D eigenvalue weighted by Gasteiger charge is 2.18. The van der Waals surface area contributed by atoms with E-state index in [1.165, 1.54) is 10.5 Å². The molecule has 0 saturated heterocycles. The molecule has 3 N–H and O–H groups in total. The van der Waals surface area contributed by atoms with Crippen molar-refractivity contribution < 1.29 is 4.79 Å². The van der Waals surface area contributed by atoms with Crippen molar-refractivity contribution >= 4 is 22.8 Å². The van der Waals surface area contributed by atoms with Gasteiger partial charge in [0.25, 0.3) is 0 Å². The highest BCUT2D eigenvalue weighted by Crippen LogP contribution is 2.37. The minimum Gasteiger partial charge on any atom is -0.339 e. The van der Waals surface area contributed by atoms with Crippen molar-refractivity contribution in [1.82, 2.24) is 34.9 Å². The van der Waals surface area contributed by atoms with Gasteiger partial charge in [-0.2, -0.15) is 5.10 Å². The highest BCUT2D eigenvalue weighted by atomic mass is 16.2. The summed E-state index contributed by atoms with van der Waals surface area (Å²) >= 11 is 0. The summed E-state index contributed by atoms with van der Waals surface area (Å²) in [7, 11) is 9.52. The van der Waals surface area contributed by atoms with Crippen molar-refractivity contribution in [3.05, 3.63) is 78.6 Å². The van der Waals surface area contributed by atoms with Gasteiger partial charge in [0, 0.05) is 67.5 Å². The number of hydrogen-bond donors (Lipinski definition) is 3. The number of aromatic nitrogens is 4. The van der Waals surface area contributed by atoms with E-state index in [1.807, 2.05) is 42.2 Å². The second-order valence-corrected chi connectivity index (χ2v) is 10.4. The van der Waals surface area contributed by atoms with E-state index in [9.17, 15) is 4.79 Å². The number of nitrogens with zero attached hydrogens (tertiary/aromatic N) is 5. The van der Waals surface area contributed by atoms with Crippen LogP contribution < -0.4 is 10.6 Å². The number of carbonyl (C=O) groups is 1. The largest absolute Gasteiger partial charge is 0.339 e. The van der Waals surface area contributed by atoms with Gasteiger partial charge in [-0.3, -0.25) is 4.68 Å². The number of carbonyl (C=O) groups excluding carboxylic acids is 1. The number of hydrogen-bond acceptors (Lipinski definition) is 5. The van der Waals surface area contributed by atoms with Gasteiger partial charge in [0.2, 0.25) is 0 Å². The molecule has 0 bridgehead atoms. The van der Waals surface area contributed by atoms with Crippen LogP contribution in [0.3, 0.4) is 0 Å². The molecular formula is C31H36N8O. The molecule has 3 aromatic heterocycles. The summed E-state index contributed by atoms with van der Waals surface area (Å²) in [6.07, 6.45) is 3.94. The van der Waals surface area contributed by atoms with Crippen LogP contribution in [0.1, 0.15) is 5.56 Å². The van der Waals surface area contributed by atoms with Crippen LogP contribution in [0.2, 0.25) is 0 Å². The Bertz CT molecular complexity index is 1600. The average Bonchev–Trinajstić information content (AvgIpc) is 3.57. The van der Waals surface area contributed by atoms with Gasteiger partial charge in [0.1, 0.15) is 11.3 Å². The number of H-pyrrole nitrogens is 1. The number of fused-ring (bicyclic) bond motifs is 1. The van der Waals surface area contributed by atoms with Crippen LogP contribution in [0.15, 0.2) is 73.1 Å². The molecule has 0 fully saturated rings. The Morgan fingerprint density at radius 1 is 0.950 bits per heavy atom. The summed E-state index contributed by atoms with van der Waals surface area (Å²) < 4.78 is 1.98. The number of likely N-dealkylation sites (N-methyl/N-ethyl adjacent to an activating group) is 1. The molecule has 0 aliphatic rings. The van der Waals surface area contributed by atoms with E-state index < -0.39 is 0 Å². The first-order valence-corrected chi connectivity index (χ1v) is 13.4. The lowest BCUT2D eigenvalue weighted by molar-refractivity contribution is 0.230. The topological polar surface area (TPSA) is 94.1 Å². The monoisotopic (exact) mass is 536 g/mol. The third-order valence-corrected chi connectivity index (χ3v) is 6.75. The van der Waals surface area contributed by atoms with Crippen molar-refractivity contribution in [2.75, 3.05) is 47.1 Å². The molecule has 2 aromatic carbocycles. The van der Waals surface area contributed by atoms with Gasteiger partial charge in [-0.15, -0.1) is 0 Å². The van der Waals surface area contributed by atoms with E-state index in [4.69, 9.17) is 5.10 Å². The summed E-state index contributed by atoms with van der Waals surface area (Å²) in [6, 6.07) is 20.5. The lowest BCUT2D eigenvalue weighted by Crippen LogP contribution is -2.27. The van der Waals surface area contributed by atoms with E-state index in [0.717, 1.165) is 70.0 Å². The van der Waals surface area contributed by atoms with Crippen molar-refractivity contribution in [2.45, 2.75) is 13.1 Å². The molecule has 5 aromatic rings. The molecule has 0 saturated carbocycles. The summed E-state index contributed by atoms with van der Waals surface area (Å²) in [4.78, 5) is 23.9. The number of anilines is 1. The molecule has 5 rings (SSSR count). The zero-order valence-corrected chi connectivity index (χ0v) is 23.7.